The SMILES string of the molecule is O=C(CNC(=O)c1cc2c(s1)CCCC2)Nc1ccc2ncccc2c1. The van der Waals surface area contributed by atoms with Gasteiger partial charge in [0.25, 0.3) is 5.91 Å². The summed E-state index contributed by atoms with van der Waals surface area (Å²) in [4.78, 5) is 30.7. The lowest BCUT2D eigenvalue weighted by Crippen LogP contribution is -2.32. The van der Waals surface area contributed by atoms with Gasteiger partial charge in [-0.2, -0.15) is 0 Å². The number of carbonyl (C=O) groups is 2. The van der Waals surface area contributed by atoms with Gasteiger partial charge in [-0.1, -0.05) is 6.07 Å². The molecule has 0 spiro atoms. The number of nitrogens with zero attached hydrogens (tertiary/aromatic N) is 1. The lowest BCUT2D eigenvalue weighted by Gasteiger charge is -2.08. The number of rotatable bonds is 4. The minimum atomic E-state index is -0.247. The van der Waals surface area contributed by atoms with E-state index in [1.165, 1.54) is 23.3 Å². The highest BCUT2D eigenvalue weighted by molar-refractivity contribution is 7.14. The van der Waals surface area contributed by atoms with Gasteiger partial charge in [0.2, 0.25) is 5.91 Å². The van der Waals surface area contributed by atoms with Crippen molar-refractivity contribution in [3.05, 3.63) is 57.9 Å². The Hall–Kier alpha value is -2.73. The van der Waals surface area contributed by atoms with Crippen LogP contribution in [0, 0.1) is 0 Å². The van der Waals surface area contributed by atoms with E-state index in [2.05, 4.69) is 15.6 Å². The molecular formula is C20H19N3O2S. The monoisotopic (exact) mass is 365 g/mol. The molecule has 0 radical (unpaired) electrons. The summed E-state index contributed by atoms with van der Waals surface area (Å²) in [7, 11) is 0. The molecule has 3 aromatic rings. The highest BCUT2D eigenvalue weighted by atomic mass is 32.1. The smallest absolute Gasteiger partial charge is 0.261 e. The van der Waals surface area contributed by atoms with Crippen LogP contribution in [0.1, 0.15) is 33.0 Å². The third kappa shape index (κ3) is 3.60. The first-order chi connectivity index (χ1) is 12.7. The minimum absolute atomic E-state index is 0.0491. The van der Waals surface area contributed by atoms with Crippen molar-refractivity contribution < 1.29 is 9.59 Å². The Bertz CT molecular complexity index is 957. The summed E-state index contributed by atoms with van der Waals surface area (Å²) in [5.74, 6) is -0.426. The number of carbonyl (C=O) groups excluding carboxylic acids is 2. The van der Waals surface area contributed by atoms with Gasteiger partial charge in [-0.15, -0.1) is 11.3 Å². The standard InChI is InChI=1S/C20H19N3O2S/c24-19(23-15-7-8-16-13(10-15)5-3-9-21-16)12-22-20(25)18-11-14-4-1-2-6-17(14)26-18/h3,5,7-11H,1-2,4,6,12H2,(H,22,25)(H,23,24). The van der Waals surface area contributed by atoms with Crippen molar-refractivity contribution in [1.29, 1.82) is 0 Å². The lowest BCUT2D eigenvalue weighted by atomic mass is 9.99. The van der Waals surface area contributed by atoms with E-state index < -0.39 is 0 Å². The van der Waals surface area contributed by atoms with E-state index >= 15 is 0 Å². The highest BCUT2D eigenvalue weighted by Gasteiger charge is 2.17. The van der Waals surface area contributed by atoms with Crippen LogP contribution in [0.2, 0.25) is 0 Å². The molecule has 2 aromatic heterocycles. The topological polar surface area (TPSA) is 71.1 Å². The molecule has 2 heterocycles. The van der Waals surface area contributed by atoms with Crippen molar-refractivity contribution in [2.24, 2.45) is 0 Å². The highest BCUT2D eigenvalue weighted by Crippen LogP contribution is 2.29. The molecule has 2 amide bonds. The van der Waals surface area contributed by atoms with Crippen molar-refractivity contribution in [2.75, 3.05) is 11.9 Å². The Morgan fingerprint density at radius 3 is 2.88 bits per heavy atom. The second-order valence-corrected chi connectivity index (χ2v) is 7.54. The van der Waals surface area contributed by atoms with Gasteiger partial charge in [-0.3, -0.25) is 14.6 Å². The zero-order chi connectivity index (χ0) is 17.9. The molecule has 26 heavy (non-hydrogen) atoms. The van der Waals surface area contributed by atoms with Crippen LogP contribution in [-0.2, 0) is 17.6 Å². The molecule has 5 nitrogen and oxygen atoms in total. The molecule has 1 aromatic carbocycles. The average molecular weight is 365 g/mol. The maximum absolute atomic E-state index is 12.3. The summed E-state index contributed by atoms with van der Waals surface area (Å²) in [6.45, 7) is -0.0491. The Labute approximate surface area is 155 Å². The van der Waals surface area contributed by atoms with E-state index in [0.29, 0.717) is 10.6 Å². The third-order valence-corrected chi connectivity index (χ3v) is 5.75. The Morgan fingerprint density at radius 2 is 2.00 bits per heavy atom. The van der Waals surface area contributed by atoms with Crippen molar-refractivity contribution in [3.63, 3.8) is 0 Å². The third-order valence-electron chi connectivity index (χ3n) is 4.52. The zero-order valence-electron chi connectivity index (χ0n) is 14.2. The van der Waals surface area contributed by atoms with Gasteiger partial charge in [-0.25, -0.2) is 0 Å². The first-order valence-corrected chi connectivity index (χ1v) is 9.55. The van der Waals surface area contributed by atoms with Crippen LogP contribution in [0.5, 0.6) is 0 Å². The van der Waals surface area contributed by atoms with Gasteiger partial charge in [0.1, 0.15) is 0 Å². The molecule has 132 valence electrons. The van der Waals surface area contributed by atoms with Crippen molar-refractivity contribution in [2.45, 2.75) is 25.7 Å². The molecule has 0 fully saturated rings. The molecular weight excluding hydrogens is 346 g/mol. The molecule has 0 saturated heterocycles. The van der Waals surface area contributed by atoms with Crippen LogP contribution in [0.25, 0.3) is 10.9 Å². The molecule has 4 rings (SSSR count). The number of pyridine rings is 1. The number of anilines is 1. The number of fused-ring (bicyclic) bond motifs is 2. The van der Waals surface area contributed by atoms with E-state index in [4.69, 9.17) is 0 Å². The molecule has 1 aliphatic rings. The molecule has 0 unspecified atom stereocenters. The second-order valence-electron chi connectivity index (χ2n) is 6.41. The molecule has 0 atom stereocenters. The quantitative estimate of drug-likeness (QED) is 0.743. The van der Waals surface area contributed by atoms with Gasteiger partial charge in [0, 0.05) is 22.1 Å². The minimum Gasteiger partial charge on any atom is -0.342 e. The summed E-state index contributed by atoms with van der Waals surface area (Å²) in [6.07, 6.45) is 6.23. The van der Waals surface area contributed by atoms with E-state index in [-0.39, 0.29) is 18.4 Å². The van der Waals surface area contributed by atoms with Crippen LogP contribution in [0.3, 0.4) is 0 Å². The average Bonchev–Trinajstić information content (AvgIpc) is 3.10. The van der Waals surface area contributed by atoms with E-state index in [1.807, 2.05) is 36.4 Å². The summed E-state index contributed by atoms with van der Waals surface area (Å²) in [5.41, 5.74) is 2.86. The lowest BCUT2D eigenvalue weighted by molar-refractivity contribution is -0.115. The number of thiophene rings is 1. The van der Waals surface area contributed by atoms with E-state index in [9.17, 15) is 9.59 Å². The number of nitrogens with one attached hydrogen (secondary N) is 2. The normalized spacial score (nSPS) is 13.2. The van der Waals surface area contributed by atoms with Crippen molar-refractivity contribution in [1.82, 2.24) is 10.3 Å². The molecule has 1 aliphatic carbocycles. The van der Waals surface area contributed by atoms with Crippen LogP contribution in [0.15, 0.2) is 42.6 Å². The van der Waals surface area contributed by atoms with Gasteiger partial charge >= 0.3 is 0 Å². The first-order valence-electron chi connectivity index (χ1n) is 8.73. The zero-order valence-corrected chi connectivity index (χ0v) is 15.1. The Kier molecular flexibility index (Phi) is 4.67. The fraction of sp³-hybridized carbons (Fsp3) is 0.250. The van der Waals surface area contributed by atoms with Crippen LogP contribution < -0.4 is 10.6 Å². The largest absolute Gasteiger partial charge is 0.342 e. The fourth-order valence-electron chi connectivity index (χ4n) is 3.21. The van der Waals surface area contributed by atoms with Gasteiger partial charge in [0.15, 0.2) is 0 Å². The molecule has 2 N–H and O–H groups in total. The number of hydrogen-bond acceptors (Lipinski definition) is 4. The number of aromatic nitrogens is 1. The second kappa shape index (κ2) is 7.25. The summed E-state index contributed by atoms with van der Waals surface area (Å²) >= 11 is 1.55. The Morgan fingerprint density at radius 1 is 1.12 bits per heavy atom. The summed E-state index contributed by atoms with van der Waals surface area (Å²) in [5, 5.41) is 6.48. The van der Waals surface area contributed by atoms with Gasteiger partial charge in [0.05, 0.1) is 16.9 Å². The predicted octanol–water partition coefficient (Wildman–Crippen LogP) is 3.54. The number of benzene rings is 1. The van der Waals surface area contributed by atoms with Gasteiger partial charge in [-0.05, 0) is 61.6 Å². The number of amides is 2. The maximum atomic E-state index is 12.3. The number of aryl methyl sites for hydroxylation is 2. The van der Waals surface area contributed by atoms with Crippen molar-refractivity contribution >= 4 is 39.7 Å². The summed E-state index contributed by atoms with van der Waals surface area (Å²) in [6, 6.07) is 11.3. The van der Waals surface area contributed by atoms with Crippen LogP contribution >= 0.6 is 11.3 Å². The maximum Gasteiger partial charge on any atom is 0.261 e. The Balaban J connectivity index is 1.35. The molecule has 0 aliphatic heterocycles. The molecule has 0 saturated carbocycles. The summed E-state index contributed by atoms with van der Waals surface area (Å²) < 4.78 is 0. The molecule has 0 bridgehead atoms. The van der Waals surface area contributed by atoms with E-state index in [0.717, 1.165) is 23.7 Å². The number of hydrogen-bond donors (Lipinski definition) is 2. The predicted molar refractivity (Wildman–Crippen MR) is 104 cm³/mol. The van der Waals surface area contributed by atoms with Crippen LogP contribution in [-0.4, -0.2) is 23.3 Å². The van der Waals surface area contributed by atoms with Crippen molar-refractivity contribution in [3.8, 4) is 0 Å². The van der Waals surface area contributed by atoms with Crippen LogP contribution in [0.4, 0.5) is 5.69 Å². The van der Waals surface area contributed by atoms with Gasteiger partial charge < -0.3 is 10.6 Å². The van der Waals surface area contributed by atoms with E-state index in [1.54, 1.807) is 17.5 Å². The molecule has 6 heteroatoms. The first kappa shape index (κ1) is 16.7. The fourth-order valence-corrected chi connectivity index (χ4v) is 4.38.